The highest BCUT2D eigenvalue weighted by atomic mass is 15.5. The van der Waals surface area contributed by atoms with Crippen molar-refractivity contribution in [3.63, 3.8) is 0 Å². The molecule has 0 fully saturated rings. The van der Waals surface area contributed by atoms with Crippen LogP contribution >= 0.6 is 0 Å². The number of hydrogen-bond acceptors (Lipinski definition) is 3. The van der Waals surface area contributed by atoms with Crippen LogP contribution in [0.15, 0.2) is 54.6 Å². The van der Waals surface area contributed by atoms with Crippen LogP contribution in [-0.4, -0.2) is 21.5 Å². The van der Waals surface area contributed by atoms with E-state index in [4.69, 9.17) is 10.2 Å². The van der Waals surface area contributed by atoms with Crippen LogP contribution in [0.25, 0.3) is 11.3 Å². The minimum absolute atomic E-state index is 0.698. The minimum Gasteiger partial charge on any atom is -0.311 e. The molecule has 0 saturated carbocycles. The number of nitrogens with one attached hydrogen (secondary N) is 1. The van der Waals surface area contributed by atoms with Crippen molar-refractivity contribution >= 4 is 0 Å². The van der Waals surface area contributed by atoms with E-state index in [0.29, 0.717) is 6.54 Å². The first-order chi connectivity index (χ1) is 13.8. The van der Waals surface area contributed by atoms with Gasteiger partial charge in [-0.3, -0.25) is 0 Å². The molecule has 0 atom stereocenters. The molecule has 1 aromatic heterocycles. The fraction of sp³-hybridized carbons (Fsp3) is 0.417. The SMILES string of the molecule is CCCCCCCNCc1nn(Cc2ccccc2C)nc1-c1ccccc1. The summed E-state index contributed by atoms with van der Waals surface area (Å²) in [5, 5.41) is 13.2. The van der Waals surface area contributed by atoms with Gasteiger partial charge in [0.05, 0.1) is 6.54 Å². The summed E-state index contributed by atoms with van der Waals surface area (Å²) in [4.78, 5) is 1.84. The second-order valence-corrected chi connectivity index (χ2v) is 7.41. The van der Waals surface area contributed by atoms with Crippen molar-refractivity contribution in [3.05, 3.63) is 71.4 Å². The van der Waals surface area contributed by atoms with E-state index in [-0.39, 0.29) is 0 Å². The smallest absolute Gasteiger partial charge is 0.117 e. The van der Waals surface area contributed by atoms with Crippen molar-refractivity contribution in [1.29, 1.82) is 0 Å². The van der Waals surface area contributed by atoms with Gasteiger partial charge >= 0.3 is 0 Å². The largest absolute Gasteiger partial charge is 0.311 e. The molecule has 3 aromatic rings. The minimum atomic E-state index is 0.698. The number of aromatic nitrogens is 3. The van der Waals surface area contributed by atoms with E-state index >= 15 is 0 Å². The molecular weight excluding hydrogens is 344 g/mol. The lowest BCUT2D eigenvalue weighted by atomic mass is 10.1. The lowest BCUT2D eigenvalue weighted by Crippen LogP contribution is -2.16. The van der Waals surface area contributed by atoms with E-state index in [2.05, 4.69) is 67.7 Å². The second-order valence-electron chi connectivity index (χ2n) is 7.41. The summed E-state index contributed by atoms with van der Waals surface area (Å²) in [5.41, 5.74) is 5.65. The van der Waals surface area contributed by atoms with Gasteiger partial charge in [-0.25, -0.2) is 0 Å². The third kappa shape index (κ3) is 5.77. The van der Waals surface area contributed by atoms with Gasteiger partial charge in [0.25, 0.3) is 0 Å². The van der Waals surface area contributed by atoms with Crippen LogP contribution in [0.3, 0.4) is 0 Å². The Labute approximate surface area is 169 Å². The lowest BCUT2D eigenvalue weighted by Gasteiger charge is -2.04. The molecule has 3 rings (SSSR count). The van der Waals surface area contributed by atoms with Gasteiger partial charge in [-0.15, -0.1) is 0 Å². The zero-order chi connectivity index (χ0) is 19.6. The molecule has 0 aliphatic heterocycles. The predicted molar refractivity (Wildman–Crippen MR) is 116 cm³/mol. The third-order valence-corrected chi connectivity index (χ3v) is 5.09. The Kier molecular flexibility index (Phi) is 7.80. The van der Waals surface area contributed by atoms with Crippen LogP contribution < -0.4 is 5.32 Å². The molecule has 4 nitrogen and oxygen atoms in total. The van der Waals surface area contributed by atoms with E-state index < -0.39 is 0 Å². The summed E-state index contributed by atoms with van der Waals surface area (Å²) in [6, 6.07) is 18.8. The van der Waals surface area contributed by atoms with Crippen LogP contribution in [0.4, 0.5) is 0 Å². The molecule has 0 amide bonds. The van der Waals surface area contributed by atoms with Crippen LogP contribution in [0.5, 0.6) is 0 Å². The van der Waals surface area contributed by atoms with Crippen LogP contribution in [0, 0.1) is 6.92 Å². The van der Waals surface area contributed by atoms with Crippen LogP contribution in [-0.2, 0) is 13.1 Å². The summed E-state index contributed by atoms with van der Waals surface area (Å²) in [5.74, 6) is 0. The molecule has 0 aliphatic carbocycles. The maximum absolute atomic E-state index is 4.82. The molecule has 148 valence electrons. The molecule has 0 bridgehead atoms. The first-order valence-corrected chi connectivity index (χ1v) is 10.5. The summed E-state index contributed by atoms with van der Waals surface area (Å²) >= 11 is 0. The number of rotatable bonds is 11. The van der Waals surface area contributed by atoms with E-state index in [1.54, 1.807) is 0 Å². The molecule has 1 N–H and O–H groups in total. The summed E-state index contributed by atoms with van der Waals surface area (Å²) in [7, 11) is 0. The average molecular weight is 377 g/mol. The predicted octanol–water partition coefficient (Wildman–Crippen LogP) is 5.36. The molecular formula is C24H32N4. The van der Waals surface area contributed by atoms with Gasteiger partial charge in [0.1, 0.15) is 11.4 Å². The lowest BCUT2D eigenvalue weighted by molar-refractivity contribution is 0.560. The number of unbranched alkanes of at least 4 members (excludes halogenated alkanes) is 4. The Bertz CT molecular complexity index is 839. The summed E-state index contributed by atoms with van der Waals surface area (Å²) < 4.78 is 0. The molecule has 0 aliphatic rings. The monoisotopic (exact) mass is 376 g/mol. The van der Waals surface area contributed by atoms with Gasteiger partial charge in [0, 0.05) is 12.1 Å². The fourth-order valence-electron chi connectivity index (χ4n) is 3.39. The first-order valence-electron chi connectivity index (χ1n) is 10.5. The van der Waals surface area contributed by atoms with Gasteiger partial charge in [-0.2, -0.15) is 15.0 Å². The van der Waals surface area contributed by atoms with Crippen molar-refractivity contribution in [2.24, 2.45) is 0 Å². The van der Waals surface area contributed by atoms with E-state index in [0.717, 1.165) is 30.0 Å². The highest BCUT2D eigenvalue weighted by Gasteiger charge is 2.13. The number of nitrogens with zero attached hydrogens (tertiary/aromatic N) is 3. The Morgan fingerprint density at radius 2 is 1.61 bits per heavy atom. The molecule has 0 radical (unpaired) electrons. The molecule has 0 spiro atoms. The first kappa shape index (κ1) is 20.3. The van der Waals surface area contributed by atoms with Crippen molar-refractivity contribution in [2.75, 3.05) is 6.54 Å². The normalized spacial score (nSPS) is 11.1. The average Bonchev–Trinajstić information content (AvgIpc) is 3.12. The fourth-order valence-corrected chi connectivity index (χ4v) is 3.39. The van der Waals surface area contributed by atoms with Crippen molar-refractivity contribution < 1.29 is 0 Å². The summed E-state index contributed by atoms with van der Waals surface area (Å²) in [6.07, 6.45) is 6.48. The van der Waals surface area contributed by atoms with Crippen molar-refractivity contribution in [3.8, 4) is 11.3 Å². The van der Waals surface area contributed by atoms with Crippen LogP contribution in [0.2, 0.25) is 0 Å². The maximum Gasteiger partial charge on any atom is 0.117 e. The number of benzene rings is 2. The summed E-state index contributed by atoms with van der Waals surface area (Å²) in [6.45, 7) is 6.87. The standard InChI is InChI=1S/C24H32N4/c1-3-4-5-6-12-17-25-18-23-24(21-14-8-7-9-15-21)27-28(26-23)19-22-16-11-10-13-20(22)2/h7-11,13-16,25H,3-6,12,17-19H2,1-2H3. The molecule has 0 saturated heterocycles. The Morgan fingerprint density at radius 3 is 2.39 bits per heavy atom. The molecule has 0 unspecified atom stereocenters. The van der Waals surface area contributed by atoms with E-state index in [1.165, 1.54) is 43.2 Å². The quantitative estimate of drug-likeness (QED) is 0.458. The van der Waals surface area contributed by atoms with Gasteiger partial charge in [-0.1, -0.05) is 87.2 Å². The van der Waals surface area contributed by atoms with Gasteiger partial charge in [-0.05, 0) is 31.0 Å². The van der Waals surface area contributed by atoms with Crippen molar-refractivity contribution in [1.82, 2.24) is 20.3 Å². The third-order valence-electron chi connectivity index (χ3n) is 5.09. The zero-order valence-electron chi connectivity index (χ0n) is 17.2. The Morgan fingerprint density at radius 1 is 0.857 bits per heavy atom. The second kappa shape index (κ2) is 10.8. The Balaban J connectivity index is 1.68. The highest BCUT2D eigenvalue weighted by Crippen LogP contribution is 2.20. The van der Waals surface area contributed by atoms with Crippen molar-refractivity contribution in [2.45, 2.75) is 59.0 Å². The zero-order valence-corrected chi connectivity index (χ0v) is 17.2. The molecule has 4 heteroatoms. The van der Waals surface area contributed by atoms with Gasteiger partial charge in [0.2, 0.25) is 0 Å². The van der Waals surface area contributed by atoms with Crippen LogP contribution in [0.1, 0.15) is 55.8 Å². The topological polar surface area (TPSA) is 42.7 Å². The molecule has 1 heterocycles. The van der Waals surface area contributed by atoms with Gasteiger partial charge < -0.3 is 5.32 Å². The Hall–Kier alpha value is -2.46. The highest BCUT2D eigenvalue weighted by molar-refractivity contribution is 5.60. The van der Waals surface area contributed by atoms with E-state index in [1.807, 2.05) is 10.9 Å². The van der Waals surface area contributed by atoms with Gasteiger partial charge in [0.15, 0.2) is 0 Å². The number of aryl methyl sites for hydroxylation is 1. The van der Waals surface area contributed by atoms with E-state index in [9.17, 15) is 0 Å². The maximum atomic E-state index is 4.82. The molecule has 2 aromatic carbocycles. The number of hydrogen-bond donors (Lipinski definition) is 1. The molecule has 28 heavy (non-hydrogen) atoms.